The van der Waals surface area contributed by atoms with Crippen LogP contribution in [0.4, 0.5) is 4.79 Å². The monoisotopic (exact) mass is 103 g/mol. The summed E-state index contributed by atoms with van der Waals surface area (Å²) in [5.41, 5.74) is 0. The first kappa shape index (κ1) is 9.37. The molecule has 0 aromatic rings. The summed E-state index contributed by atoms with van der Waals surface area (Å²) < 4.78 is 0. The summed E-state index contributed by atoms with van der Waals surface area (Å²) in [7, 11) is 0. The van der Waals surface area contributed by atoms with Gasteiger partial charge in [0.15, 0.2) is 0 Å². The normalized spacial score (nSPS) is 5.50. The molecule has 0 bridgehead atoms. The van der Waals surface area contributed by atoms with E-state index in [0.717, 1.165) is 0 Å². The van der Waals surface area contributed by atoms with E-state index in [-0.39, 0.29) is 25.9 Å². The Balaban J connectivity index is -0.0000000267. The van der Waals surface area contributed by atoms with E-state index in [1.54, 1.807) is 0 Å². The third kappa shape index (κ3) is 9.00. The van der Waals surface area contributed by atoms with Crippen LogP contribution in [-0.4, -0.2) is 34.3 Å². The third-order valence-corrected chi connectivity index (χ3v) is 0.101. The fourth-order valence-corrected chi connectivity index (χ4v) is 0. The van der Waals surface area contributed by atoms with Crippen molar-refractivity contribution in [3.63, 3.8) is 0 Å². The number of hydrogen-bond acceptors (Lipinski definition) is 3. The van der Waals surface area contributed by atoms with Crippen LogP contribution in [0.3, 0.4) is 0 Å². The van der Waals surface area contributed by atoms with E-state index in [0.29, 0.717) is 0 Å². The van der Waals surface area contributed by atoms with E-state index in [1.807, 2.05) is 0 Å². The van der Waals surface area contributed by atoms with E-state index in [2.05, 4.69) is 10.7 Å². The average Bonchev–Trinajstić information content (AvgIpc) is 1.38. The minimum Gasteiger partial charge on any atom is -1.00 e. The molecule has 34 valence electrons. The van der Waals surface area contributed by atoms with Gasteiger partial charge in [-0.15, -0.1) is 0 Å². The van der Waals surface area contributed by atoms with Gasteiger partial charge >= 0.3 is 29.2 Å². The van der Waals surface area contributed by atoms with Gasteiger partial charge in [-0.3, -0.25) is 0 Å². The largest absolute Gasteiger partial charge is 2.00 e. The topological polar surface area (TPSA) is 72.5 Å². The molecular weight excluding hydrogens is 98.3 g/mol. The number of carboxylic acid groups (broad SMARTS) is 1. The second-order valence-corrected chi connectivity index (χ2v) is 0.384. The van der Waals surface area contributed by atoms with Crippen molar-refractivity contribution < 1.29 is 17.6 Å². The van der Waals surface area contributed by atoms with Gasteiger partial charge in [-0.05, 0) is 0 Å². The van der Waals surface area contributed by atoms with Crippen LogP contribution in [-0.2, 0) is 4.84 Å². The van der Waals surface area contributed by atoms with Crippen molar-refractivity contribution in [1.82, 2.24) is 0 Å². The standard InChI is InChI=1S/CH3NO3.Mg.2H/c2-5-1(3)4;;;/h2H2,(H,3,4);;;/q;+2;2*-1. The summed E-state index contributed by atoms with van der Waals surface area (Å²) in [5, 5.41) is 7.38. The minimum absolute atomic E-state index is 0. The molecule has 0 aliphatic rings. The summed E-state index contributed by atoms with van der Waals surface area (Å²) in [5.74, 6) is 4.07. The van der Waals surface area contributed by atoms with Crippen molar-refractivity contribution >= 4 is 29.2 Å². The Morgan fingerprint density at radius 2 is 2.17 bits per heavy atom. The van der Waals surface area contributed by atoms with Gasteiger partial charge in [0.05, 0.1) is 0 Å². The Bertz CT molecular complexity index is 52.5. The zero-order chi connectivity index (χ0) is 4.28. The van der Waals surface area contributed by atoms with Crippen molar-refractivity contribution in [2.75, 3.05) is 0 Å². The van der Waals surface area contributed by atoms with Crippen molar-refractivity contribution in [2.24, 2.45) is 5.90 Å². The molecule has 0 fully saturated rings. The average molecular weight is 103 g/mol. The van der Waals surface area contributed by atoms with Crippen LogP contribution in [0.2, 0.25) is 0 Å². The molecule has 0 aromatic carbocycles. The number of rotatable bonds is 0. The Labute approximate surface area is 53.3 Å². The quantitative estimate of drug-likeness (QED) is 0.317. The summed E-state index contributed by atoms with van der Waals surface area (Å²) >= 11 is 0. The second-order valence-electron chi connectivity index (χ2n) is 0.384. The van der Waals surface area contributed by atoms with E-state index in [9.17, 15) is 0 Å². The molecule has 0 amide bonds. The molecule has 0 heterocycles. The fraction of sp³-hybridized carbons (Fsp3) is 0. The van der Waals surface area contributed by atoms with Crippen LogP contribution >= 0.6 is 0 Å². The SMILES string of the molecule is NOC(=O)O.[H-].[H-].[Mg+2]. The Morgan fingerprint density at radius 1 is 2.00 bits per heavy atom. The van der Waals surface area contributed by atoms with Crippen LogP contribution in [0.15, 0.2) is 0 Å². The van der Waals surface area contributed by atoms with Crippen molar-refractivity contribution in [2.45, 2.75) is 0 Å². The van der Waals surface area contributed by atoms with Gasteiger partial charge in [-0.1, -0.05) is 0 Å². The summed E-state index contributed by atoms with van der Waals surface area (Å²) in [4.78, 5) is 12.2. The van der Waals surface area contributed by atoms with E-state index >= 15 is 0 Å². The maximum atomic E-state index is 9.02. The first-order chi connectivity index (χ1) is 2.27. The van der Waals surface area contributed by atoms with Crippen LogP contribution in [0, 0.1) is 0 Å². The van der Waals surface area contributed by atoms with Gasteiger partial charge in [0.25, 0.3) is 0 Å². The minimum atomic E-state index is -1.47. The van der Waals surface area contributed by atoms with Gasteiger partial charge in [0, 0.05) is 0 Å². The molecule has 0 aliphatic heterocycles. The molecule has 0 rings (SSSR count). The van der Waals surface area contributed by atoms with E-state index in [1.165, 1.54) is 0 Å². The molecule has 4 nitrogen and oxygen atoms in total. The number of nitrogens with two attached hydrogens (primary N) is 1. The molecule has 6 heavy (non-hydrogen) atoms. The van der Waals surface area contributed by atoms with Crippen molar-refractivity contribution in [3.8, 4) is 0 Å². The van der Waals surface area contributed by atoms with E-state index in [4.69, 9.17) is 9.90 Å². The first-order valence-electron chi connectivity index (χ1n) is 0.868. The van der Waals surface area contributed by atoms with E-state index < -0.39 is 6.16 Å². The zero-order valence-corrected chi connectivity index (χ0v) is 4.46. The molecule has 0 aliphatic carbocycles. The molecule has 5 heteroatoms. The Kier molecular flexibility index (Phi) is 7.80. The zero-order valence-electron chi connectivity index (χ0n) is 5.05. The second kappa shape index (κ2) is 5.00. The van der Waals surface area contributed by atoms with Gasteiger partial charge in [-0.25, -0.2) is 4.79 Å². The molecule has 0 spiro atoms. The molecule has 0 aromatic heterocycles. The third-order valence-electron chi connectivity index (χ3n) is 0.101. The first-order valence-corrected chi connectivity index (χ1v) is 0.868. The molecule has 0 radical (unpaired) electrons. The predicted molar refractivity (Wildman–Crippen MR) is 21.3 cm³/mol. The van der Waals surface area contributed by atoms with Crippen molar-refractivity contribution in [1.29, 1.82) is 0 Å². The Hall–Kier alpha value is -0.00377. The molecular formula is CH5MgNO3. The van der Waals surface area contributed by atoms with Gasteiger partial charge in [-0.2, -0.15) is 5.90 Å². The maximum Gasteiger partial charge on any atom is 2.00 e. The molecule has 3 N–H and O–H groups in total. The van der Waals surface area contributed by atoms with Crippen LogP contribution in [0.25, 0.3) is 0 Å². The maximum absolute atomic E-state index is 9.02. The smallest absolute Gasteiger partial charge is 1.00 e. The van der Waals surface area contributed by atoms with Gasteiger partial charge < -0.3 is 12.8 Å². The summed E-state index contributed by atoms with van der Waals surface area (Å²) in [6.45, 7) is 0. The van der Waals surface area contributed by atoms with Crippen LogP contribution in [0.5, 0.6) is 0 Å². The van der Waals surface area contributed by atoms with Crippen LogP contribution in [0.1, 0.15) is 2.85 Å². The molecule has 0 atom stereocenters. The molecule has 0 saturated carbocycles. The number of hydrogen-bond donors (Lipinski definition) is 2. The summed E-state index contributed by atoms with van der Waals surface area (Å²) in [6.07, 6.45) is -1.47. The number of carbonyl (C=O) groups is 1. The summed E-state index contributed by atoms with van der Waals surface area (Å²) in [6, 6.07) is 0. The molecule has 0 saturated heterocycles. The fourth-order valence-electron chi connectivity index (χ4n) is 0. The van der Waals surface area contributed by atoms with Crippen LogP contribution < -0.4 is 5.90 Å². The van der Waals surface area contributed by atoms with Gasteiger partial charge in [0.1, 0.15) is 0 Å². The predicted octanol–water partition coefficient (Wildman–Crippen LogP) is -0.601. The Morgan fingerprint density at radius 3 is 2.17 bits per heavy atom. The molecule has 0 unspecified atom stereocenters. The van der Waals surface area contributed by atoms with Gasteiger partial charge in [0.2, 0.25) is 0 Å². The van der Waals surface area contributed by atoms with Crippen molar-refractivity contribution in [3.05, 3.63) is 0 Å².